The summed E-state index contributed by atoms with van der Waals surface area (Å²) in [7, 11) is -3.60. The van der Waals surface area contributed by atoms with E-state index < -0.39 is 15.1 Å². The summed E-state index contributed by atoms with van der Waals surface area (Å²) < 4.78 is 28.2. The molecule has 0 fully saturated rings. The minimum Gasteiger partial charge on any atom is -0.507 e. The number of benzene rings is 4. The Morgan fingerprint density at radius 3 is 2.18 bits per heavy atom. The van der Waals surface area contributed by atoms with E-state index in [1.807, 2.05) is 72.8 Å². The highest BCUT2D eigenvalue weighted by atomic mass is 32.2. The van der Waals surface area contributed by atoms with Gasteiger partial charge in [0.05, 0.1) is 10.1 Å². The van der Waals surface area contributed by atoms with Crippen LogP contribution in [0.2, 0.25) is 0 Å². The summed E-state index contributed by atoms with van der Waals surface area (Å²) in [5.74, 6) is -0.0663. The lowest BCUT2D eigenvalue weighted by Gasteiger charge is -2.38. The fourth-order valence-electron chi connectivity index (χ4n) is 5.39. The number of hydrogen-bond acceptors (Lipinski definition) is 3. The number of phenolic OH excluding ortho intramolecular Hbond substituents is 1. The average molecular weight is 457 g/mol. The first kappa shape index (κ1) is 21.7. The lowest BCUT2D eigenvalue weighted by molar-refractivity contribution is 0.475. The van der Waals surface area contributed by atoms with Crippen LogP contribution >= 0.6 is 0 Å². The molecule has 4 heteroatoms. The monoisotopic (exact) mass is 456 g/mol. The van der Waals surface area contributed by atoms with Gasteiger partial charge in [0.15, 0.2) is 9.84 Å². The summed E-state index contributed by atoms with van der Waals surface area (Å²) in [6.07, 6.45) is 1.37. The maximum Gasteiger partial charge on any atom is 0.182 e. The lowest BCUT2D eigenvalue weighted by atomic mass is 9.72. The van der Waals surface area contributed by atoms with Gasteiger partial charge < -0.3 is 5.11 Å². The predicted octanol–water partition coefficient (Wildman–Crippen LogP) is 6.59. The molecule has 3 nitrogen and oxygen atoms in total. The predicted molar refractivity (Wildman–Crippen MR) is 134 cm³/mol. The summed E-state index contributed by atoms with van der Waals surface area (Å²) in [6.45, 7) is 4.13. The molecule has 5 rings (SSSR count). The van der Waals surface area contributed by atoms with Crippen LogP contribution in [0.4, 0.5) is 0 Å². The summed E-state index contributed by atoms with van der Waals surface area (Å²) in [4.78, 5) is 0.379. The number of aromatic hydroxyl groups is 1. The molecule has 1 aliphatic rings. The number of phenols is 1. The van der Waals surface area contributed by atoms with Gasteiger partial charge >= 0.3 is 0 Å². The first-order chi connectivity index (χ1) is 15.9. The van der Waals surface area contributed by atoms with Crippen molar-refractivity contribution in [1.82, 2.24) is 0 Å². The van der Waals surface area contributed by atoms with Crippen LogP contribution < -0.4 is 0 Å². The van der Waals surface area contributed by atoms with E-state index in [0.29, 0.717) is 11.3 Å². The molecule has 1 N–H and O–H groups in total. The largest absolute Gasteiger partial charge is 0.507 e. The molecular formula is C29H28O3S. The number of fused-ring (bicyclic) bond motifs is 3. The van der Waals surface area contributed by atoms with Crippen molar-refractivity contribution in [3.05, 3.63) is 107 Å². The van der Waals surface area contributed by atoms with Crippen molar-refractivity contribution in [2.24, 2.45) is 0 Å². The first-order valence-corrected chi connectivity index (χ1v) is 13.1. The molecule has 33 heavy (non-hydrogen) atoms. The Morgan fingerprint density at radius 1 is 0.879 bits per heavy atom. The number of aryl methyl sites for hydroxylation is 1. The molecule has 0 saturated heterocycles. The van der Waals surface area contributed by atoms with Crippen LogP contribution in [0.15, 0.2) is 89.8 Å². The van der Waals surface area contributed by atoms with E-state index in [4.69, 9.17) is 0 Å². The van der Waals surface area contributed by atoms with Crippen molar-refractivity contribution in [2.45, 2.75) is 48.7 Å². The molecule has 0 spiro atoms. The maximum atomic E-state index is 14.1. The third kappa shape index (κ3) is 3.63. The van der Waals surface area contributed by atoms with Gasteiger partial charge in [0.25, 0.3) is 0 Å². The van der Waals surface area contributed by atoms with E-state index in [-0.39, 0.29) is 17.6 Å². The van der Waals surface area contributed by atoms with Crippen molar-refractivity contribution >= 4 is 20.6 Å². The average Bonchev–Trinajstić information content (AvgIpc) is 2.85. The molecule has 0 bridgehead atoms. The van der Waals surface area contributed by atoms with Crippen LogP contribution in [0, 0.1) is 0 Å². The normalized spacial score (nSPS) is 20.5. The van der Waals surface area contributed by atoms with Crippen LogP contribution in [0.1, 0.15) is 54.4 Å². The Bertz CT molecular complexity index is 1410. The highest BCUT2D eigenvalue weighted by Gasteiger charge is 2.43. The second-order valence-electron chi connectivity index (χ2n) is 9.05. The second-order valence-corrected chi connectivity index (χ2v) is 11.2. The third-order valence-corrected chi connectivity index (χ3v) is 9.30. The third-order valence-electron chi connectivity index (χ3n) is 7.11. The van der Waals surface area contributed by atoms with Crippen LogP contribution in [-0.2, 0) is 16.3 Å². The van der Waals surface area contributed by atoms with E-state index in [1.54, 1.807) is 12.1 Å². The SMILES string of the molecule is CCc1ccc(S(=O)(=O)[C@@H]2C[C@H](C)c3cc(O)c4ccccc4c3[C@H]2c2ccccc2)cc1. The minimum atomic E-state index is -3.60. The molecule has 0 unspecified atom stereocenters. The Balaban J connectivity index is 1.77. The summed E-state index contributed by atoms with van der Waals surface area (Å²) in [5.41, 5.74) is 4.16. The molecule has 4 aromatic rings. The van der Waals surface area contributed by atoms with E-state index in [1.165, 1.54) is 0 Å². The van der Waals surface area contributed by atoms with E-state index in [9.17, 15) is 13.5 Å². The maximum absolute atomic E-state index is 14.1. The Morgan fingerprint density at radius 2 is 1.52 bits per heavy atom. The van der Waals surface area contributed by atoms with Gasteiger partial charge in [-0.05, 0) is 64.6 Å². The summed E-state index contributed by atoms with van der Waals surface area (Å²) in [5, 5.41) is 11.8. The molecule has 1 aliphatic carbocycles. The van der Waals surface area contributed by atoms with E-state index >= 15 is 0 Å². The van der Waals surface area contributed by atoms with Gasteiger partial charge in [-0.15, -0.1) is 0 Å². The van der Waals surface area contributed by atoms with Crippen molar-refractivity contribution in [2.75, 3.05) is 0 Å². The Hall–Kier alpha value is -3.11. The van der Waals surface area contributed by atoms with Crippen molar-refractivity contribution in [1.29, 1.82) is 0 Å². The molecule has 4 aromatic carbocycles. The summed E-state index contributed by atoms with van der Waals surface area (Å²) in [6, 6.07) is 26.9. The smallest absolute Gasteiger partial charge is 0.182 e. The van der Waals surface area contributed by atoms with Gasteiger partial charge in [-0.25, -0.2) is 8.42 Å². The number of rotatable bonds is 4. The van der Waals surface area contributed by atoms with Crippen molar-refractivity contribution in [3.63, 3.8) is 0 Å². The van der Waals surface area contributed by atoms with Gasteiger partial charge in [-0.2, -0.15) is 0 Å². The Kier molecular flexibility index (Phi) is 5.49. The van der Waals surface area contributed by atoms with E-state index in [2.05, 4.69) is 13.8 Å². The fraction of sp³-hybridized carbons (Fsp3) is 0.241. The molecule has 0 aliphatic heterocycles. The van der Waals surface area contributed by atoms with Crippen LogP contribution in [-0.4, -0.2) is 18.8 Å². The van der Waals surface area contributed by atoms with Crippen LogP contribution in [0.3, 0.4) is 0 Å². The van der Waals surface area contributed by atoms with Crippen molar-refractivity contribution < 1.29 is 13.5 Å². The topological polar surface area (TPSA) is 54.4 Å². The van der Waals surface area contributed by atoms with Crippen LogP contribution in [0.25, 0.3) is 10.8 Å². The second kappa shape index (κ2) is 8.35. The molecule has 3 atom stereocenters. The molecule has 168 valence electrons. The fourth-order valence-corrected chi connectivity index (χ4v) is 7.45. The van der Waals surface area contributed by atoms with E-state index in [0.717, 1.165) is 39.4 Å². The van der Waals surface area contributed by atoms with Gasteiger partial charge in [0.2, 0.25) is 0 Å². The van der Waals surface area contributed by atoms with Crippen LogP contribution in [0.5, 0.6) is 5.75 Å². The molecule has 0 saturated carbocycles. The molecule has 0 heterocycles. The zero-order valence-corrected chi connectivity index (χ0v) is 19.7. The molecule has 0 aromatic heterocycles. The van der Waals surface area contributed by atoms with Gasteiger partial charge in [0.1, 0.15) is 5.75 Å². The standard InChI is InChI=1S/C29H28O3S/c1-3-20-13-15-22(16-14-20)33(31,32)27-17-19(2)25-18-26(30)23-11-7-8-12-24(23)29(25)28(27)21-9-5-4-6-10-21/h4-16,18-19,27-28,30H,3,17H2,1-2H3/t19-,27+,28-/m0/s1. The van der Waals surface area contributed by atoms with Crippen molar-refractivity contribution in [3.8, 4) is 5.75 Å². The molecular weight excluding hydrogens is 428 g/mol. The zero-order chi connectivity index (χ0) is 23.2. The molecule has 0 amide bonds. The first-order valence-electron chi connectivity index (χ1n) is 11.5. The summed E-state index contributed by atoms with van der Waals surface area (Å²) >= 11 is 0. The van der Waals surface area contributed by atoms with Gasteiger partial charge in [0, 0.05) is 11.3 Å². The highest BCUT2D eigenvalue weighted by molar-refractivity contribution is 7.92. The highest BCUT2D eigenvalue weighted by Crippen LogP contribution is 2.50. The number of hydrogen-bond donors (Lipinski definition) is 1. The Labute approximate surface area is 195 Å². The minimum absolute atomic E-state index is 0.00478. The zero-order valence-electron chi connectivity index (χ0n) is 18.9. The quantitative estimate of drug-likeness (QED) is 0.377. The number of sulfone groups is 1. The lowest BCUT2D eigenvalue weighted by Crippen LogP contribution is -2.35. The van der Waals surface area contributed by atoms with Gasteiger partial charge in [-0.1, -0.05) is 80.6 Å². The van der Waals surface area contributed by atoms with Gasteiger partial charge in [-0.3, -0.25) is 0 Å². The molecule has 0 radical (unpaired) electrons.